The lowest BCUT2D eigenvalue weighted by molar-refractivity contribution is -0.129. The standard InChI is InChI=1S/C21H27ClN4O5S2/c1-23(2)33(30,31)20-9-7-18(8-10-20)26(32(3,28)29)16-21(27)25-13-11-24(12-14-25)19-6-4-5-17(22)15-19/h4-10,15H,11-14,16H2,1-3H3. The largest absolute Gasteiger partial charge is 0.368 e. The number of hydrogen-bond acceptors (Lipinski definition) is 6. The van der Waals surface area contributed by atoms with E-state index in [1.165, 1.54) is 38.4 Å². The van der Waals surface area contributed by atoms with Crippen LogP contribution in [0.2, 0.25) is 5.02 Å². The number of amides is 1. The van der Waals surface area contributed by atoms with Gasteiger partial charge in [0.15, 0.2) is 0 Å². The SMILES string of the molecule is CN(C)S(=O)(=O)c1ccc(N(CC(=O)N2CCN(c3cccc(Cl)c3)CC2)S(C)(=O)=O)cc1. The first kappa shape index (κ1) is 25.3. The number of nitrogens with zero attached hydrogens (tertiary/aromatic N) is 4. The first-order valence-electron chi connectivity index (χ1n) is 10.2. The number of halogens is 1. The minimum atomic E-state index is -3.77. The van der Waals surface area contributed by atoms with Crippen molar-refractivity contribution in [1.29, 1.82) is 0 Å². The van der Waals surface area contributed by atoms with Gasteiger partial charge in [0, 0.05) is 51.0 Å². The van der Waals surface area contributed by atoms with Crippen molar-refractivity contribution in [3.63, 3.8) is 0 Å². The molecule has 0 unspecified atom stereocenters. The number of anilines is 2. The van der Waals surface area contributed by atoms with Gasteiger partial charge in [-0.3, -0.25) is 9.10 Å². The fourth-order valence-electron chi connectivity index (χ4n) is 3.50. The third-order valence-corrected chi connectivity index (χ3v) is 8.59. The van der Waals surface area contributed by atoms with Crippen LogP contribution in [0.15, 0.2) is 53.4 Å². The summed E-state index contributed by atoms with van der Waals surface area (Å²) < 4.78 is 51.4. The summed E-state index contributed by atoms with van der Waals surface area (Å²) in [5, 5.41) is 0.638. The smallest absolute Gasteiger partial charge is 0.243 e. The summed E-state index contributed by atoms with van der Waals surface area (Å²) in [5.41, 5.74) is 1.20. The van der Waals surface area contributed by atoms with Crippen molar-refractivity contribution in [2.75, 3.05) is 62.3 Å². The first-order valence-corrected chi connectivity index (χ1v) is 13.8. The summed E-state index contributed by atoms with van der Waals surface area (Å²) in [6, 6.07) is 12.9. The zero-order valence-electron chi connectivity index (χ0n) is 18.7. The van der Waals surface area contributed by atoms with Gasteiger partial charge in [0.05, 0.1) is 16.8 Å². The van der Waals surface area contributed by atoms with Gasteiger partial charge in [0.2, 0.25) is 26.0 Å². The average molecular weight is 515 g/mol. The second kappa shape index (κ2) is 9.88. The lowest BCUT2D eigenvalue weighted by Crippen LogP contribution is -2.52. The quantitative estimate of drug-likeness (QED) is 0.558. The van der Waals surface area contributed by atoms with E-state index >= 15 is 0 Å². The Kier molecular flexibility index (Phi) is 7.57. The van der Waals surface area contributed by atoms with E-state index < -0.39 is 20.0 Å². The maximum absolute atomic E-state index is 12.9. The molecule has 12 heteroatoms. The van der Waals surface area contributed by atoms with E-state index in [2.05, 4.69) is 4.90 Å². The van der Waals surface area contributed by atoms with Crippen LogP contribution in [0.3, 0.4) is 0 Å². The van der Waals surface area contributed by atoms with Crippen LogP contribution in [0.4, 0.5) is 11.4 Å². The van der Waals surface area contributed by atoms with Crippen LogP contribution in [0.25, 0.3) is 0 Å². The number of hydrogen-bond donors (Lipinski definition) is 0. The fraction of sp³-hybridized carbons (Fsp3) is 0.381. The Morgan fingerprint density at radius 3 is 2.09 bits per heavy atom. The van der Waals surface area contributed by atoms with E-state index in [9.17, 15) is 21.6 Å². The van der Waals surface area contributed by atoms with E-state index in [1.54, 1.807) is 11.0 Å². The van der Waals surface area contributed by atoms with Gasteiger partial charge in [-0.05, 0) is 42.5 Å². The van der Waals surface area contributed by atoms with Gasteiger partial charge >= 0.3 is 0 Å². The molecule has 0 saturated carbocycles. The van der Waals surface area contributed by atoms with Gasteiger partial charge in [-0.25, -0.2) is 21.1 Å². The van der Waals surface area contributed by atoms with E-state index in [-0.39, 0.29) is 23.0 Å². The van der Waals surface area contributed by atoms with Crippen molar-refractivity contribution in [1.82, 2.24) is 9.21 Å². The maximum atomic E-state index is 12.9. The Hall–Kier alpha value is -2.34. The molecule has 33 heavy (non-hydrogen) atoms. The highest BCUT2D eigenvalue weighted by Gasteiger charge is 2.27. The maximum Gasteiger partial charge on any atom is 0.243 e. The molecule has 0 atom stereocenters. The molecule has 1 amide bonds. The summed E-state index contributed by atoms with van der Waals surface area (Å²) in [5.74, 6) is -0.323. The minimum Gasteiger partial charge on any atom is -0.368 e. The zero-order chi connectivity index (χ0) is 24.4. The molecule has 1 heterocycles. The summed E-state index contributed by atoms with van der Waals surface area (Å²) in [6.07, 6.45) is 1.02. The second-order valence-electron chi connectivity index (χ2n) is 7.90. The van der Waals surface area contributed by atoms with Crippen LogP contribution in [0.5, 0.6) is 0 Å². The van der Waals surface area contributed by atoms with Crippen molar-refractivity contribution < 1.29 is 21.6 Å². The molecule has 1 aliphatic heterocycles. The second-order valence-corrected chi connectivity index (χ2v) is 12.4. The lowest BCUT2D eigenvalue weighted by atomic mass is 10.2. The van der Waals surface area contributed by atoms with Crippen molar-refractivity contribution in [3.05, 3.63) is 53.6 Å². The van der Waals surface area contributed by atoms with Gasteiger partial charge in [-0.2, -0.15) is 0 Å². The summed E-state index contributed by atoms with van der Waals surface area (Å²) in [4.78, 5) is 16.7. The predicted octanol–water partition coefficient (Wildman–Crippen LogP) is 1.71. The molecule has 1 saturated heterocycles. The summed E-state index contributed by atoms with van der Waals surface area (Å²) in [7, 11) is -4.60. The molecular weight excluding hydrogens is 488 g/mol. The number of sulfonamides is 2. The van der Waals surface area contributed by atoms with Gasteiger partial charge in [-0.15, -0.1) is 0 Å². The van der Waals surface area contributed by atoms with Crippen molar-refractivity contribution in [3.8, 4) is 0 Å². The van der Waals surface area contributed by atoms with Crippen molar-refractivity contribution in [2.45, 2.75) is 4.90 Å². The Balaban J connectivity index is 1.71. The number of carbonyl (C=O) groups excluding carboxylic acids is 1. The van der Waals surface area contributed by atoms with Crippen LogP contribution in [-0.2, 0) is 24.8 Å². The molecule has 180 valence electrons. The van der Waals surface area contributed by atoms with E-state index in [0.717, 1.165) is 20.6 Å². The first-order chi connectivity index (χ1) is 15.4. The Morgan fingerprint density at radius 1 is 0.970 bits per heavy atom. The van der Waals surface area contributed by atoms with Crippen LogP contribution < -0.4 is 9.21 Å². The van der Waals surface area contributed by atoms with Crippen molar-refractivity contribution in [2.24, 2.45) is 0 Å². The molecule has 3 rings (SSSR count). The van der Waals surface area contributed by atoms with Crippen LogP contribution >= 0.6 is 11.6 Å². The molecule has 2 aromatic rings. The number of rotatable bonds is 7. The molecule has 0 bridgehead atoms. The molecule has 0 aromatic heterocycles. The molecule has 1 fully saturated rings. The zero-order valence-corrected chi connectivity index (χ0v) is 21.1. The molecule has 1 aliphatic rings. The molecular formula is C21H27ClN4O5S2. The Bertz CT molecular complexity index is 1210. The molecule has 0 N–H and O–H groups in total. The van der Waals surface area contributed by atoms with E-state index in [1.807, 2.05) is 18.2 Å². The van der Waals surface area contributed by atoms with Gasteiger partial charge in [-0.1, -0.05) is 17.7 Å². The lowest BCUT2D eigenvalue weighted by Gasteiger charge is -2.37. The Labute approximate surface area is 200 Å². The monoisotopic (exact) mass is 514 g/mol. The fourth-order valence-corrected chi connectivity index (χ4v) is 5.44. The highest BCUT2D eigenvalue weighted by molar-refractivity contribution is 7.92. The van der Waals surface area contributed by atoms with Crippen molar-refractivity contribution >= 4 is 48.9 Å². The number of carbonyl (C=O) groups is 1. The van der Waals surface area contributed by atoms with Crippen LogP contribution in [0.1, 0.15) is 0 Å². The molecule has 0 spiro atoms. The Morgan fingerprint density at radius 2 is 1.58 bits per heavy atom. The van der Waals surface area contributed by atoms with Crippen LogP contribution in [0, 0.1) is 0 Å². The predicted molar refractivity (Wildman–Crippen MR) is 130 cm³/mol. The van der Waals surface area contributed by atoms with Gasteiger partial charge in [0.25, 0.3) is 0 Å². The number of benzene rings is 2. The van der Waals surface area contributed by atoms with E-state index in [0.29, 0.717) is 31.2 Å². The number of piperazine rings is 1. The highest BCUT2D eigenvalue weighted by Crippen LogP contribution is 2.23. The normalized spacial score (nSPS) is 15.1. The highest BCUT2D eigenvalue weighted by atomic mass is 35.5. The molecule has 0 aliphatic carbocycles. The summed E-state index contributed by atoms with van der Waals surface area (Å²) >= 11 is 6.06. The van der Waals surface area contributed by atoms with Gasteiger partial charge < -0.3 is 9.80 Å². The minimum absolute atomic E-state index is 0.0353. The van der Waals surface area contributed by atoms with E-state index in [4.69, 9.17) is 11.6 Å². The summed E-state index contributed by atoms with van der Waals surface area (Å²) in [6.45, 7) is 1.73. The third-order valence-electron chi connectivity index (χ3n) is 5.39. The molecule has 0 radical (unpaired) electrons. The van der Waals surface area contributed by atoms with Crippen LogP contribution in [-0.4, -0.2) is 85.0 Å². The molecule has 9 nitrogen and oxygen atoms in total. The third kappa shape index (κ3) is 5.97. The molecule has 2 aromatic carbocycles. The van der Waals surface area contributed by atoms with Gasteiger partial charge in [0.1, 0.15) is 6.54 Å². The average Bonchev–Trinajstić information content (AvgIpc) is 2.76. The topological polar surface area (TPSA) is 98.3 Å².